The molecule has 1 N–H and O–H groups in total. The maximum Gasteiger partial charge on any atom is 0.170 e. The standard InChI is InChI=1S/C9H7N3.C2H6/c1-6-3-2-4-7-9(6)8(5-10)12-11-7;1-2/h2-4H,1H3,(H,11,12);1-2H3. The van der Waals surface area contributed by atoms with E-state index in [2.05, 4.69) is 10.2 Å². The van der Waals surface area contributed by atoms with Crippen LogP contribution in [0.4, 0.5) is 0 Å². The largest absolute Gasteiger partial charge is 0.276 e. The van der Waals surface area contributed by atoms with Crippen molar-refractivity contribution in [3.05, 3.63) is 29.5 Å². The van der Waals surface area contributed by atoms with E-state index in [4.69, 9.17) is 5.26 Å². The predicted molar refractivity (Wildman–Crippen MR) is 56.9 cm³/mol. The van der Waals surface area contributed by atoms with Gasteiger partial charge in [-0.1, -0.05) is 26.0 Å². The zero-order valence-electron chi connectivity index (χ0n) is 8.63. The molecule has 1 aromatic carbocycles. The Hall–Kier alpha value is -1.82. The maximum atomic E-state index is 8.72. The quantitative estimate of drug-likeness (QED) is 0.689. The summed E-state index contributed by atoms with van der Waals surface area (Å²) in [6.45, 7) is 5.97. The Morgan fingerprint density at radius 1 is 1.36 bits per heavy atom. The minimum atomic E-state index is 0.475. The number of aromatic nitrogens is 2. The number of hydrogen-bond acceptors (Lipinski definition) is 2. The molecule has 0 aliphatic rings. The highest BCUT2D eigenvalue weighted by atomic mass is 15.1. The van der Waals surface area contributed by atoms with Crippen LogP contribution in [0.3, 0.4) is 0 Å². The van der Waals surface area contributed by atoms with Gasteiger partial charge < -0.3 is 0 Å². The number of nitrogens with one attached hydrogen (secondary N) is 1. The van der Waals surface area contributed by atoms with E-state index < -0.39 is 0 Å². The van der Waals surface area contributed by atoms with E-state index >= 15 is 0 Å². The fraction of sp³-hybridized carbons (Fsp3) is 0.273. The molecule has 14 heavy (non-hydrogen) atoms. The number of nitrogens with zero attached hydrogens (tertiary/aromatic N) is 2. The summed E-state index contributed by atoms with van der Waals surface area (Å²) in [6.07, 6.45) is 0. The van der Waals surface area contributed by atoms with Crippen LogP contribution >= 0.6 is 0 Å². The van der Waals surface area contributed by atoms with Gasteiger partial charge in [0.25, 0.3) is 0 Å². The Morgan fingerprint density at radius 2 is 2.07 bits per heavy atom. The molecule has 1 heterocycles. The van der Waals surface area contributed by atoms with E-state index in [0.717, 1.165) is 16.5 Å². The maximum absolute atomic E-state index is 8.72. The molecule has 0 saturated carbocycles. The lowest BCUT2D eigenvalue weighted by atomic mass is 10.1. The third-order valence-corrected chi connectivity index (χ3v) is 1.90. The SMILES string of the molecule is CC.Cc1cccc2[nH]nc(C#N)c12. The second kappa shape index (κ2) is 4.43. The second-order valence-electron chi connectivity index (χ2n) is 2.68. The highest BCUT2D eigenvalue weighted by Gasteiger charge is 2.05. The van der Waals surface area contributed by atoms with Gasteiger partial charge in [-0.05, 0) is 18.6 Å². The Kier molecular flexibility index (Phi) is 3.24. The van der Waals surface area contributed by atoms with Gasteiger partial charge in [0.15, 0.2) is 5.69 Å². The molecule has 0 atom stereocenters. The van der Waals surface area contributed by atoms with Crippen molar-refractivity contribution in [1.82, 2.24) is 10.2 Å². The van der Waals surface area contributed by atoms with Crippen LogP contribution in [0, 0.1) is 18.3 Å². The van der Waals surface area contributed by atoms with Crippen LogP contribution in [0.5, 0.6) is 0 Å². The average Bonchev–Trinajstić information content (AvgIpc) is 2.65. The van der Waals surface area contributed by atoms with Crippen molar-refractivity contribution < 1.29 is 0 Å². The molecule has 72 valence electrons. The monoisotopic (exact) mass is 187 g/mol. The molecule has 0 spiro atoms. The first kappa shape index (κ1) is 10.3. The molecule has 3 heteroatoms. The summed E-state index contributed by atoms with van der Waals surface area (Å²) in [5, 5.41) is 16.3. The van der Waals surface area contributed by atoms with E-state index in [-0.39, 0.29) is 0 Å². The summed E-state index contributed by atoms with van der Waals surface area (Å²) < 4.78 is 0. The van der Waals surface area contributed by atoms with Gasteiger partial charge in [0.2, 0.25) is 0 Å². The lowest BCUT2D eigenvalue weighted by molar-refractivity contribution is 1.10. The number of nitriles is 1. The van der Waals surface area contributed by atoms with Crippen molar-refractivity contribution in [2.45, 2.75) is 20.8 Å². The molecule has 0 unspecified atom stereocenters. The Balaban J connectivity index is 0.000000461. The molecule has 0 amide bonds. The zero-order chi connectivity index (χ0) is 10.6. The van der Waals surface area contributed by atoms with E-state index in [1.54, 1.807) is 0 Å². The Bertz CT molecular complexity index is 463. The van der Waals surface area contributed by atoms with Crippen LogP contribution in [-0.2, 0) is 0 Å². The first-order valence-electron chi connectivity index (χ1n) is 4.66. The van der Waals surface area contributed by atoms with Gasteiger partial charge in [-0.3, -0.25) is 5.10 Å². The molecule has 0 bridgehead atoms. The number of H-pyrrole nitrogens is 1. The van der Waals surface area contributed by atoms with Crippen molar-refractivity contribution in [1.29, 1.82) is 5.26 Å². The lowest BCUT2D eigenvalue weighted by Gasteiger charge is -1.92. The molecule has 0 aliphatic carbocycles. The summed E-state index contributed by atoms with van der Waals surface area (Å²) in [7, 11) is 0. The smallest absolute Gasteiger partial charge is 0.170 e. The van der Waals surface area contributed by atoms with Crippen LogP contribution in [0.15, 0.2) is 18.2 Å². The molecule has 0 saturated heterocycles. The topological polar surface area (TPSA) is 52.5 Å². The van der Waals surface area contributed by atoms with Gasteiger partial charge in [0.05, 0.1) is 5.52 Å². The number of aromatic amines is 1. The molecule has 0 aliphatic heterocycles. The summed E-state index contributed by atoms with van der Waals surface area (Å²) in [4.78, 5) is 0. The molecule has 2 rings (SSSR count). The van der Waals surface area contributed by atoms with Crippen molar-refractivity contribution in [3.63, 3.8) is 0 Å². The predicted octanol–water partition coefficient (Wildman–Crippen LogP) is 2.77. The first-order valence-corrected chi connectivity index (χ1v) is 4.66. The molecule has 1 aromatic heterocycles. The number of fused-ring (bicyclic) bond motifs is 1. The van der Waals surface area contributed by atoms with Crippen LogP contribution in [0.25, 0.3) is 10.9 Å². The lowest BCUT2D eigenvalue weighted by Crippen LogP contribution is -1.76. The fourth-order valence-corrected chi connectivity index (χ4v) is 1.33. The van der Waals surface area contributed by atoms with Gasteiger partial charge in [0, 0.05) is 5.39 Å². The van der Waals surface area contributed by atoms with Crippen LogP contribution in [0.1, 0.15) is 25.1 Å². The second-order valence-corrected chi connectivity index (χ2v) is 2.68. The van der Waals surface area contributed by atoms with E-state index in [1.807, 2.05) is 45.0 Å². The number of hydrogen-bond donors (Lipinski definition) is 1. The van der Waals surface area contributed by atoms with Gasteiger partial charge in [0.1, 0.15) is 6.07 Å². The third-order valence-electron chi connectivity index (χ3n) is 1.90. The summed E-state index contributed by atoms with van der Waals surface area (Å²) in [6, 6.07) is 7.87. The minimum Gasteiger partial charge on any atom is -0.276 e. The van der Waals surface area contributed by atoms with Crippen LogP contribution in [0.2, 0.25) is 0 Å². The molecule has 0 fully saturated rings. The third kappa shape index (κ3) is 1.60. The Morgan fingerprint density at radius 3 is 2.71 bits per heavy atom. The van der Waals surface area contributed by atoms with Gasteiger partial charge in [-0.25, -0.2) is 0 Å². The normalized spacial score (nSPS) is 9.00. The molecular weight excluding hydrogens is 174 g/mol. The van der Waals surface area contributed by atoms with Crippen LogP contribution in [-0.4, -0.2) is 10.2 Å². The van der Waals surface area contributed by atoms with Gasteiger partial charge >= 0.3 is 0 Å². The van der Waals surface area contributed by atoms with Crippen molar-refractivity contribution >= 4 is 10.9 Å². The highest BCUT2D eigenvalue weighted by molar-refractivity contribution is 5.86. The molecular formula is C11H13N3. The number of aryl methyl sites for hydroxylation is 1. The fourth-order valence-electron chi connectivity index (χ4n) is 1.33. The van der Waals surface area contributed by atoms with Gasteiger partial charge in [-0.15, -0.1) is 0 Å². The van der Waals surface area contributed by atoms with Crippen LogP contribution < -0.4 is 0 Å². The number of benzene rings is 1. The average molecular weight is 187 g/mol. The Labute approximate surface area is 83.4 Å². The molecule has 2 aromatic rings. The zero-order valence-corrected chi connectivity index (χ0v) is 8.63. The van der Waals surface area contributed by atoms with Crippen molar-refractivity contribution in [2.75, 3.05) is 0 Å². The molecule has 3 nitrogen and oxygen atoms in total. The molecule has 0 radical (unpaired) electrons. The van der Waals surface area contributed by atoms with Gasteiger partial charge in [-0.2, -0.15) is 10.4 Å². The summed E-state index contributed by atoms with van der Waals surface area (Å²) in [5.74, 6) is 0. The minimum absolute atomic E-state index is 0.475. The highest BCUT2D eigenvalue weighted by Crippen LogP contribution is 2.18. The summed E-state index contributed by atoms with van der Waals surface area (Å²) >= 11 is 0. The van der Waals surface area contributed by atoms with Crippen molar-refractivity contribution in [3.8, 4) is 6.07 Å². The first-order chi connectivity index (χ1) is 6.83. The van der Waals surface area contributed by atoms with Crippen molar-refractivity contribution in [2.24, 2.45) is 0 Å². The van der Waals surface area contributed by atoms with E-state index in [1.165, 1.54) is 0 Å². The van der Waals surface area contributed by atoms with E-state index in [0.29, 0.717) is 5.69 Å². The van der Waals surface area contributed by atoms with E-state index in [9.17, 15) is 0 Å². The number of rotatable bonds is 0. The summed E-state index contributed by atoms with van der Waals surface area (Å²) in [5.41, 5.74) is 2.48.